The third-order valence-corrected chi connectivity index (χ3v) is 5.48. The molecule has 2 aliphatic heterocycles. The predicted octanol–water partition coefficient (Wildman–Crippen LogP) is 2.03. The van der Waals surface area contributed by atoms with Crippen LogP contribution in [0.2, 0.25) is 0 Å². The van der Waals surface area contributed by atoms with Crippen LogP contribution in [-0.2, 0) is 11.3 Å². The third kappa shape index (κ3) is 3.53. The number of fused-ring (bicyclic) bond motifs is 3. The minimum Gasteiger partial charge on any atom is -0.378 e. The molecular weight excluding hydrogens is 361 g/mol. The Morgan fingerprint density at radius 3 is 2.74 bits per heavy atom. The van der Waals surface area contributed by atoms with Gasteiger partial charge < -0.3 is 14.6 Å². The summed E-state index contributed by atoms with van der Waals surface area (Å²) in [5.41, 5.74) is 0.341. The topological polar surface area (TPSA) is 59.4 Å². The fourth-order valence-corrected chi connectivity index (χ4v) is 4.09. The number of nitrogens with one attached hydrogen (secondary N) is 1. The van der Waals surface area contributed by atoms with Crippen molar-refractivity contribution in [1.82, 2.24) is 19.8 Å². The SMILES string of the molecule is CN1[C@@H]2COC[C@H]1CC(NC(=O)c1cn(CC(F)F)c3ncc(F)cc13)C2. The standard InChI is InChI=1S/C18H21F3N4O2/c1-24-12-3-11(4-13(24)9-27-8-12)23-18(26)15-6-25(7-16(20)21)17-14(15)2-10(19)5-22-17/h2,5-6,11-13,16H,3-4,7-9H2,1H3,(H,23,26)/t11?,12-,13+. The van der Waals surface area contributed by atoms with E-state index in [2.05, 4.69) is 22.2 Å². The van der Waals surface area contributed by atoms with Crippen molar-refractivity contribution in [1.29, 1.82) is 0 Å². The van der Waals surface area contributed by atoms with E-state index in [9.17, 15) is 18.0 Å². The van der Waals surface area contributed by atoms with Gasteiger partial charge in [0.1, 0.15) is 11.5 Å². The van der Waals surface area contributed by atoms with Crippen LogP contribution in [0.15, 0.2) is 18.5 Å². The molecule has 1 N–H and O–H groups in total. The highest BCUT2D eigenvalue weighted by Crippen LogP contribution is 2.27. The summed E-state index contributed by atoms with van der Waals surface area (Å²) < 4.78 is 46.1. The second kappa shape index (κ2) is 7.12. The number of nitrogens with zero attached hydrogens (tertiary/aromatic N) is 3. The summed E-state index contributed by atoms with van der Waals surface area (Å²) in [6.07, 6.45) is 1.19. The highest BCUT2D eigenvalue weighted by Gasteiger charge is 2.37. The number of likely N-dealkylation sites (N-methyl/N-ethyl adjacent to an activating group) is 1. The molecule has 2 aromatic heterocycles. The summed E-state index contributed by atoms with van der Waals surface area (Å²) in [5, 5.41) is 3.23. The van der Waals surface area contributed by atoms with E-state index in [0.29, 0.717) is 13.2 Å². The van der Waals surface area contributed by atoms with E-state index in [-0.39, 0.29) is 34.7 Å². The van der Waals surface area contributed by atoms with Crippen molar-refractivity contribution < 1.29 is 22.7 Å². The predicted molar refractivity (Wildman–Crippen MR) is 92.3 cm³/mol. The van der Waals surface area contributed by atoms with E-state index in [1.54, 1.807) is 0 Å². The highest BCUT2D eigenvalue weighted by molar-refractivity contribution is 6.06. The number of hydrogen-bond donors (Lipinski definition) is 1. The Bertz CT molecular complexity index is 842. The first-order valence-electron chi connectivity index (χ1n) is 8.95. The maximum atomic E-state index is 13.6. The quantitative estimate of drug-likeness (QED) is 0.879. The van der Waals surface area contributed by atoms with Crippen LogP contribution in [0.3, 0.4) is 0 Å². The highest BCUT2D eigenvalue weighted by atomic mass is 19.3. The van der Waals surface area contributed by atoms with Crippen LogP contribution >= 0.6 is 0 Å². The van der Waals surface area contributed by atoms with Crippen LogP contribution in [0, 0.1) is 5.82 Å². The summed E-state index contributed by atoms with van der Waals surface area (Å²) in [6.45, 7) is 0.655. The van der Waals surface area contributed by atoms with Gasteiger partial charge >= 0.3 is 0 Å². The zero-order valence-corrected chi connectivity index (χ0v) is 14.9. The van der Waals surface area contributed by atoms with Crippen LogP contribution in [0.1, 0.15) is 23.2 Å². The van der Waals surface area contributed by atoms with Crippen molar-refractivity contribution in [2.24, 2.45) is 0 Å². The Kier molecular flexibility index (Phi) is 4.81. The van der Waals surface area contributed by atoms with Crippen LogP contribution in [0.4, 0.5) is 13.2 Å². The molecule has 3 atom stereocenters. The van der Waals surface area contributed by atoms with Crippen LogP contribution in [0.25, 0.3) is 11.0 Å². The van der Waals surface area contributed by atoms with E-state index in [1.165, 1.54) is 10.8 Å². The Morgan fingerprint density at radius 1 is 1.37 bits per heavy atom. The summed E-state index contributed by atoms with van der Waals surface area (Å²) in [6, 6.07) is 1.60. The van der Waals surface area contributed by atoms with E-state index in [4.69, 9.17) is 4.74 Å². The zero-order chi connectivity index (χ0) is 19.1. The molecule has 0 aromatic carbocycles. The van der Waals surface area contributed by atoms with Crippen LogP contribution < -0.4 is 5.32 Å². The molecule has 27 heavy (non-hydrogen) atoms. The number of carbonyl (C=O) groups is 1. The molecule has 0 aliphatic carbocycles. The first-order chi connectivity index (χ1) is 12.9. The van der Waals surface area contributed by atoms with Gasteiger partial charge in [0.15, 0.2) is 0 Å². The van der Waals surface area contributed by atoms with Gasteiger partial charge in [0.2, 0.25) is 0 Å². The Morgan fingerprint density at radius 2 is 2.07 bits per heavy atom. The van der Waals surface area contributed by atoms with Gasteiger partial charge in [-0.15, -0.1) is 0 Å². The molecule has 4 heterocycles. The smallest absolute Gasteiger partial charge is 0.256 e. The lowest BCUT2D eigenvalue weighted by molar-refractivity contribution is -0.0670. The number of amides is 1. The van der Waals surface area contributed by atoms with Crippen molar-refractivity contribution >= 4 is 16.9 Å². The molecule has 0 spiro atoms. The number of halogens is 3. The van der Waals surface area contributed by atoms with E-state index in [1.807, 2.05) is 0 Å². The van der Waals surface area contributed by atoms with E-state index in [0.717, 1.165) is 25.1 Å². The summed E-state index contributed by atoms with van der Waals surface area (Å²) in [5.74, 6) is -1.01. The molecule has 2 aliphatic rings. The fraction of sp³-hybridized carbons (Fsp3) is 0.556. The van der Waals surface area contributed by atoms with Gasteiger partial charge in [0, 0.05) is 29.7 Å². The lowest BCUT2D eigenvalue weighted by atomic mass is 9.90. The number of carbonyl (C=O) groups excluding carboxylic acids is 1. The number of pyridine rings is 1. The fourth-order valence-electron chi connectivity index (χ4n) is 4.09. The summed E-state index contributed by atoms with van der Waals surface area (Å²) in [4.78, 5) is 19.0. The average Bonchev–Trinajstić information content (AvgIpc) is 2.93. The minimum atomic E-state index is -2.60. The first kappa shape index (κ1) is 18.2. The lowest BCUT2D eigenvalue weighted by Gasteiger charge is -2.46. The zero-order valence-electron chi connectivity index (χ0n) is 14.9. The maximum absolute atomic E-state index is 13.6. The largest absolute Gasteiger partial charge is 0.378 e. The monoisotopic (exact) mass is 382 g/mol. The number of aromatic nitrogens is 2. The number of piperidine rings is 1. The molecule has 6 nitrogen and oxygen atoms in total. The normalized spacial score (nSPS) is 25.9. The molecule has 146 valence electrons. The Labute approximate surface area is 154 Å². The van der Waals surface area contributed by atoms with Gasteiger partial charge in [-0.05, 0) is 26.0 Å². The van der Waals surface area contributed by atoms with Gasteiger partial charge in [-0.3, -0.25) is 9.69 Å². The number of rotatable bonds is 4. The van der Waals surface area contributed by atoms with Crippen molar-refractivity contribution in [2.75, 3.05) is 20.3 Å². The Balaban J connectivity index is 1.58. The first-order valence-corrected chi connectivity index (χ1v) is 8.95. The molecule has 0 radical (unpaired) electrons. The van der Waals surface area contributed by atoms with Crippen molar-refractivity contribution in [3.8, 4) is 0 Å². The molecule has 0 saturated carbocycles. The van der Waals surface area contributed by atoms with Gasteiger partial charge in [0.05, 0.1) is 31.5 Å². The summed E-state index contributed by atoms with van der Waals surface area (Å²) >= 11 is 0. The number of morpholine rings is 1. The summed E-state index contributed by atoms with van der Waals surface area (Å²) in [7, 11) is 2.06. The molecule has 9 heteroatoms. The molecule has 1 unspecified atom stereocenters. The van der Waals surface area contributed by atoms with Gasteiger partial charge in [-0.2, -0.15) is 0 Å². The van der Waals surface area contributed by atoms with E-state index >= 15 is 0 Å². The van der Waals surface area contributed by atoms with Crippen LogP contribution in [-0.4, -0.2) is 65.2 Å². The van der Waals surface area contributed by atoms with Crippen molar-refractivity contribution in [2.45, 2.75) is 43.9 Å². The molecule has 2 fully saturated rings. The molecule has 2 aromatic rings. The third-order valence-electron chi connectivity index (χ3n) is 5.48. The Hall–Kier alpha value is -2.13. The van der Waals surface area contributed by atoms with Crippen LogP contribution in [0.5, 0.6) is 0 Å². The van der Waals surface area contributed by atoms with Crippen molar-refractivity contribution in [3.63, 3.8) is 0 Å². The van der Waals surface area contributed by atoms with E-state index < -0.39 is 24.7 Å². The molecule has 2 saturated heterocycles. The molecule has 2 bridgehead atoms. The van der Waals surface area contributed by atoms with Gasteiger partial charge in [0.25, 0.3) is 12.3 Å². The number of alkyl halides is 2. The van der Waals surface area contributed by atoms with Crippen molar-refractivity contribution in [3.05, 3.63) is 29.8 Å². The second-order valence-corrected chi connectivity index (χ2v) is 7.26. The van der Waals surface area contributed by atoms with Gasteiger partial charge in [-0.1, -0.05) is 0 Å². The average molecular weight is 382 g/mol. The molecule has 4 rings (SSSR count). The second-order valence-electron chi connectivity index (χ2n) is 7.26. The molecular formula is C18H21F3N4O2. The number of hydrogen-bond acceptors (Lipinski definition) is 4. The maximum Gasteiger partial charge on any atom is 0.256 e. The minimum absolute atomic E-state index is 0.0392. The molecule has 1 amide bonds. The number of ether oxygens (including phenoxy) is 1. The van der Waals surface area contributed by atoms with Gasteiger partial charge in [-0.25, -0.2) is 18.2 Å². The lowest BCUT2D eigenvalue weighted by Crippen LogP contribution is -2.59.